The predicted molar refractivity (Wildman–Crippen MR) is 109 cm³/mol. The molecule has 28 heavy (non-hydrogen) atoms. The van der Waals surface area contributed by atoms with Crippen LogP contribution in [0.5, 0.6) is 5.75 Å². The molecule has 1 amide bonds. The maximum absolute atomic E-state index is 12.7. The van der Waals surface area contributed by atoms with E-state index in [0.717, 1.165) is 11.3 Å². The van der Waals surface area contributed by atoms with Gasteiger partial charge in [-0.3, -0.25) is 9.69 Å². The minimum Gasteiger partial charge on any atom is -0.489 e. The molecule has 7 heteroatoms. The lowest BCUT2D eigenvalue weighted by Gasteiger charge is -2.34. The van der Waals surface area contributed by atoms with E-state index in [2.05, 4.69) is 4.90 Å². The summed E-state index contributed by atoms with van der Waals surface area (Å²) in [7, 11) is -2.96. The Balaban J connectivity index is 1.48. The normalized spacial score (nSPS) is 15.4. The Morgan fingerprint density at radius 1 is 0.964 bits per heavy atom. The molecular formula is C21H26N2O4S. The maximum atomic E-state index is 12.7. The Morgan fingerprint density at radius 2 is 1.61 bits per heavy atom. The first kappa shape index (κ1) is 20.4. The molecule has 1 aliphatic heterocycles. The Kier molecular flexibility index (Phi) is 6.70. The zero-order valence-electron chi connectivity index (χ0n) is 16.1. The molecule has 2 aromatic carbocycles. The Bertz CT molecular complexity index is 874. The monoisotopic (exact) mass is 402 g/mol. The van der Waals surface area contributed by atoms with Crippen LogP contribution in [0, 0.1) is 0 Å². The highest BCUT2D eigenvalue weighted by molar-refractivity contribution is 7.90. The quantitative estimate of drug-likeness (QED) is 0.709. The molecule has 1 heterocycles. The smallest absolute Gasteiger partial charge is 0.253 e. The van der Waals surface area contributed by atoms with Crippen LogP contribution in [0.4, 0.5) is 0 Å². The van der Waals surface area contributed by atoms with Crippen molar-refractivity contribution >= 4 is 15.7 Å². The molecule has 1 fully saturated rings. The zero-order chi connectivity index (χ0) is 20.0. The lowest BCUT2D eigenvalue weighted by Crippen LogP contribution is -2.49. The van der Waals surface area contributed by atoms with Crippen LogP contribution in [0.25, 0.3) is 0 Å². The van der Waals surface area contributed by atoms with Gasteiger partial charge in [-0.15, -0.1) is 0 Å². The van der Waals surface area contributed by atoms with E-state index in [9.17, 15) is 13.2 Å². The molecule has 0 aromatic heterocycles. The number of ether oxygens (including phenoxy) is 1. The highest BCUT2D eigenvalue weighted by Gasteiger charge is 2.22. The number of rotatable bonds is 7. The van der Waals surface area contributed by atoms with Gasteiger partial charge < -0.3 is 9.64 Å². The zero-order valence-corrected chi connectivity index (χ0v) is 16.9. The molecule has 6 nitrogen and oxygen atoms in total. The molecule has 0 radical (unpaired) electrons. The van der Waals surface area contributed by atoms with E-state index in [1.165, 1.54) is 6.26 Å². The molecular weight excluding hydrogens is 376 g/mol. The molecule has 150 valence electrons. The Labute approximate surface area is 166 Å². The van der Waals surface area contributed by atoms with Crippen molar-refractivity contribution in [2.75, 3.05) is 44.7 Å². The van der Waals surface area contributed by atoms with Crippen molar-refractivity contribution in [2.45, 2.75) is 6.61 Å². The molecule has 0 atom stereocenters. The third-order valence-corrected chi connectivity index (χ3v) is 5.71. The van der Waals surface area contributed by atoms with Crippen molar-refractivity contribution in [1.29, 1.82) is 0 Å². The number of sulfone groups is 1. The second-order valence-corrected chi connectivity index (χ2v) is 9.32. The summed E-state index contributed by atoms with van der Waals surface area (Å²) in [6, 6.07) is 17.1. The lowest BCUT2D eigenvalue weighted by molar-refractivity contribution is 0.0644. The van der Waals surface area contributed by atoms with E-state index in [1.807, 2.05) is 47.4 Å². The molecule has 0 saturated carbocycles. The van der Waals surface area contributed by atoms with Crippen molar-refractivity contribution in [3.63, 3.8) is 0 Å². The predicted octanol–water partition coefficient (Wildman–Crippen LogP) is 2.07. The summed E-state index contributed by atoms with van der Waals surface area (Å²) in [5.41, 5.74) is 1.73. The van der Waals surface area contributed by atoms with Crippen LogP contribution in [0.2, 0.25) is 0 Å². The second kappa shape index (κ2) is 9.21. The SMILES string of the molecule is CS(=O)(=O)CCN1CCN(C(=O)c2ccc(OCc3ccccc3)cc2)CC1. The molecule has 3 rings (SSSR count). The molecule has 0 unspecified atom stereocenters. The minimum absolute atomic E-state index is 0.00243. The highest BCUT2D eigenvalue weighted by atomic mass is 32.2. The van der Waals surface area contributed by atoms with E-state index in [-0.39, 0.29) is 11.7 Å². The van der Waals surface area contributed by atoms with E-state index < -0.39 is 9.84 Å². The van der Waals surface area contributed by atoms with E-state index in [0.29, 0.717) is 44.9 Å². The van der Waals surface area contributed by atoms with Crippen molar-refractivity contribution in [2.24, 2.45) is 0 Å². The average molecular weight is 403 g/mol. The van der Waals surface area contributed by atoms with E-state index in [1.54, 1.807) is 12.1 Å². The fourth-order valence-corrected chi connectivity index (χ4v) is 3.68. The van der Waals surface area contributed by atoms with Gasteiger partial charge in [-0.2, -0.15) is 0 Å². The Morgan fingerprint density at radius 3 is 2.21 bits per heavy atom. The van der Waals surface area contributed by atoms with Crippen molar-refractivity contribution in [1.82, 2.24) is 9.80 Å². The fourth-order valence-electron chi connectivity index (χ4n) is 3.09. The van der Waals surface area contributed by atoms with Crippen LogP contribution in [0.15, 0.2) is 54.6 Å². The van der Waals surface area contributed by atoms with Gasteiger partial charge in [0.15, 0.2) is 0 Å². The maximum Gasteiger partial charge on any atom is 0.253 e. The van der Waals surface area contributed by atoms with Crippen LogP contribution < -0.4 is 4.74 Å². The van der Waals surface area contributed by atoms with Gasteiger partial charge in [0.2, 0.25) is 0 Å². The minimum atomic E-state index is -2.96. The number of carbonyl (C=O) groups is 1. The average Bonchev–Trinajstić information content (AvgIpc) is 2.71. The second-order valence-electron chi connectivity index (χ2n) is 7.06. The topological polar surface area (TPSA) is 66.9 Å². The number of nitrogens with zero attached hydrogens (tertiary/aromatic N) is 2. The summed E-state index contributed by atoms with van der Waals surface area (Å²) < 4.78 is 28.3. The summed E-state index contributed by atoms with van der Waals surface area (Å²) >= 11 is 0. The molecule has 0 spiro atoms. The van der Waals surface area contributed by atoms with Crippen LogP contribution in [-0.4, -0.2) is 68.9 Å². The molecule has 2 aromatic rings. The number of hydrogen-bond acceptors (Lipinski definition) is 5. The van der Waals surface area contributed by atoms with E-state index >= 15 is 0 Å². The van der Waals surface area contributed by atoms with Crippen LogP contribution in [0.3, 0.4) is 0 Å². The summed E-state index contributed by atoms with van der Waals surface area (Å²) in [4.78, 5) is 16.6. The number of amides is 1. The summed E-state index contributed by atoms with van der Waals surface area (Å²) in [6.45, 7) is 3.61. The molecule has 0 N–H and O–H groups in total. The van der Waals surface area contributed by atoms with Crippen molar-refractivity contribution < 1.29 is 17.9 Å². The molecule has 0 aliphatic carbocycles. The lowest BCUT2D eigenvalue weighted by atomic mass is 10.1. The summed E-state index contributed by atoms with van der Waals surface area (Å²) in [5, 5.41) is 0. The number of benzene rings is 2. The first-order valence-corrected chi connectivity index (χ1v) is 11.4. The number of piperazine rings is 1. The number of carbonyl (C=O) groups excluding carboxylic acids is 1. The van der Waals surface area contributed by atoms with Gasteiger partial charge in [-0.05, 0) is 29.8 Å². The number of hydrogen-bond donors (Lipinski definition) is 0. The van der Waals surface area contributed by atoms with Crippen LogP contribution >= 0.6 is 0 Å². The standard InChI is InChI=1S/C21H26N2O4S/c1-28(25,26)16-15-22-11-13-23(14-12-22)21(24)19-7-9-20(10-8-19)27-17-18-5-3-2-4-6-18/h2-10H,11-17H2,1H3. The highest BCUT2D eigenvalue weighted by Crippen LogP contribution is 2.16. The van der Waals surface area contributed by atoms with Gasteiger partial charge in [-0.25, -0.2) is 8.42 Å². The van der Waals surface area contributed by atoms with E-state index in [4.69, 9.17) is 4.74 Å². The third-order valence-electron chi connectivity index (χ3n) is 4.79. The van der Waals surface area contributed by atoms with Gasteiger partial charge >= 0.3 is 0 Å². The van der Waals surface area contributed by atoms with Gasteiger partial charge in [-0.1, -0.05) is 30.3 Å². The summed E-state index contributed by atoms with van der Waals surface area (Å²) in [5.74, 6) is 0.883. The van der Waals surface area contributed by atoms with Crippen molar-refractivity contribution in [3.8, 4) is 5.75 Å². The molecule has 0 bridgehead atoms. The summed E-state index contributed by atoms with van der Waals surface area (Å²) in [6.07, 6.45) is 1.25. The molecule has 1 saturated heterocycles. The first-order chi connectivity index (χ1) is 13.4. The molecule has 1 aliphatic rings. The largest absolute Gasteiger partial charge is 0.489 e. The van der Waals surface area contributed by atoms with Crippen molar-refractivity contribution in [3.05, 3.63) is 65.7 Å². The van der Waals surface area contributed by atoms with Gasteiger partial charge in [0.05, 0.1) is 5.75 Å². The van der Waals surface area contributed by atoms with Crippen LogP contribution in [-0.2, 0) is 16.4 Å². The fraction of sp³-hybridized carbons (Fsp3) is 0.381. The van der Waals surface area contributed by atoms with Crippen LogP contribution in [0.1, 0.15) is 15.9 Å². The van der Waals surface area contributed by atoms with Gasteiger partial charge in [0.1, 0.15) is 22.2 Å². The Hall–Kier alpha value is -2.38. The van der Waals surface area contributed by atoms with Gasteiger partial charge in [0.25, 0.3) is 5.91 Å². The van der Waals surface area contributed by atoms with Gasteiger partial charge in [0, 0.05) is 44.5 Å². The third kappa shape index (κ3) is 6.07. The first-order valence-electron chi connectivity index (χ1n) is 9.37.